The Morgan fingerprint density at radius 2 is 2.19 bits per heavy atom. The lowest BCUT2D eigenvalue weighted by Crippen LogP contribution is -2.35. The van der Waals surface area contributed by atoms with E-state index in [1.54, 1.807) is 29.2 Å². The molecule has 0 unspecified atom stereocenters. The van der Waals surface area contributed by atoms with Gasteiger partial charge in [0.2, 0.25) is 5.91 Å². The van der Waals surface area contributed by atoms with Gasteiger partial charge in [0.15, 0.2) is 5.82 Å². The van der Waals surface area contributed by atoms with Crippen LogP contribution in [-0.2, 0) is 11.3 Å². The van der Waals surface area contributed by atoms with Gasteiger partial charge >= 0.3 is 0 Å². The lowest BCUT2D eigenvalue weighted by molar-refractivity contribution is -0.134. The molecule has 1 atom stereocenters. The fourth-order valence-corrected chi connectivity index (χ4v) is 2.30. The van der Waals surface area contributed by atoms with Gasteiger partial charge in [-0.2, -0.15) is 5.10 Å². The summed E-state index contributed by atoms with van der Waals surface area (Å²) < 4.78 is 3.67. The van der Waals surface area contributed by atoms with Crippen LogP contribution < -0.4 is 0 Å². The van der Waals surface area contributed by atoms with Gasteiger partial charge in [0, 0.05) is 25.5 Å². The molecule has 0 aliphatic rings. The third-order valence-corrected chi connectivity index (χ3v) is 3.47. The average molecular weight is 290 g/mol. The highest BCUT2D eigenvalue weighted by molar-refractivity contribution is 5.79. The Hall–Kier alpha value is -2.18. The second-order valence-electron chi connectivity index (χ2n) is 5.35. The lowest BCUT2D eigenvalue weighted by Gasteiger charge is -2.23. The van der Waals surface area contributed by atoms with Crippen molar-refractivity contribution in [2.24, 2.45) is 0 Å². The van der Waals surface area contributed by atoms with Crippen LogP contribution in [0.5, 0.6) is 0 Å². The molecule has 0 aliphatic heterocycles. The van der Waals surface area contributed by atoms with Crippen LogP contribution in [-0.4, -0.2) is 42.4 Å². The molecule has 2 aromatic heterocycles. The number of amides is 1. The van der Waals surface area contributed by atoms with Crippen LogP contribution in [0.2, 0.25) is 0 Å². The smallest absolute Gasteiger partial charge is 0.247 e. The fourth-order valence-electron chi connectivity index (χ4n) is 2.30. The zero-order valence-corrected chi connectivity index (χ0v) is 13.0. The number of aromatic nitrogens is 5. The summed E-state index contributed by atoms with van der Waals surface area (Å²) in [7, 11) is 1.79. The maximum atomic E-state index is 12.6. The van der Waals surface area contributed by atoms with Crippen molar-refractivity contribution < 1.29 is 4.79 Å². The van der Waals surface area contributed by atoms with Crippen molar-refractivity contribution in [1.29, 1.82) is 0 Å². The summed E-state index contributed by atoms with van der Waals surface area (Å²) in [5, 5.41) is 12.2. The van der Waals surface area contributed by atoms with Crippen molar-refractivity contribution in [2.45, 2.75) is 45.8 Å². The van der Waals surface area contributed by atoms with Gasteiger partial charge in [0.1, 0.15) is 12.4 Å². The predicted octanol–water partition coefficient (Wildman–Crippen LogP) is 1.67. The van der Waals surface area contributed by atoms with Gasteiger partial charge in [0.25, 0.3) is 0 Å². The van der Waals surface area contributed by atoms with Gasteiger partial charge in [-0.3, -0.25) is 9.48 Å². The Bertz CT molecular complexity index is 574. The summed E-state index contributed by atoms with van der Waals surface area (Å²) in [6, 6.07) is 1.82. The summed E-state index contributed by atoms with van der Waals surface area (Å²) in [4.78, 5) is 14.3. The normalized spacial score (nSPS) is 12.6. The zero-order chi connectivity index (χ0) is 15.4. The van der Waals surface area contributed by atoms with Crippen LogP contribution in [0.3, 0.4) is 0 Å². The molecule has 0 saturated carbocycles. The van der Waals surface area contributed by atoms with E-state index in [4.69, 9.17) is 0 Å². The highest BCUT2D eigenvalue weighted by atomic mass is 16.2. The largest absolute Gasteiger partial charge is 0.336 e. The van der Waals surface area contributed by atoms with E-state index in [-0.39, 0.29) is 18.0 Å². The van der Waals surface area contributed by atoms with E-state index in [1.165, 1.54) is 0 Å². The molecule has 0 N–H and O–H groups in total. The van der Waals surface area contributed by atoms with Crippen LogP contribution in [0.15, 0.2) is 24.8 Å². The molecule has 0 fully saturated rings. The van der Waals surface area contributed by atoms with Crippen molar-refractivity contribution in [2.75, 3.05) is 7.05 Å². The van der Waals surface area contributed by atoms with E-state index in [0.717, 1.165) is 5.82 Å². The van der Waals surface area contributed by atoms with E-state index in [0.29, 0.717) is 13.0 Å². The standard InChI is InChI=1S/C14H22N6O/c1-5-12(20-8-6-7-16-20)14(21)18(4)9-13-17-15-10-19(13)11(2)3/h6-8,10-12H,5,9H2,1-4H3/t12-/m0/s1. The van der Waals surface area contributed by atoms with Crippen molar-refractivity contribution in [3.63, 3.8) is 0 Å². The molecule has 2 heterocycles. The molecule has 0 aliphatic carbocycles. The number of carbonyl (C=O) groups excluding carboxylic acids is 1. The summed E-state index contributed by atoms with van der Waals surface area (Å²) >= 11 is 0. The Kier molecular flexibility index (Phi) is 4.72. The Morgan fingerprint density at radius 1 is 1.43 bits per heavy atom. The van der Waals surface area contributed by atoms with Gasteiger partial charge in [-0.05, 0) is 26.3 Å². The van der Waals surface area contributed by atoms with E-state index >= 15 is 0 Å². The first kappa shape index (κ1) is 15.2. The van der Waals surface area contributed by atoms with Crippen LogP contribution in [0, 0.1) is 0 Å². The maximum absolute atomic E-state index is 12.6. The topological polar surface area (TPSA) is 68.8 Å². The average Bonchev–Trinajstić information content (AvgIpc) is 3.10. The first-order valence-electron chi connectivity index (χ1n) is 7.17. The summed E-state index contributed by atoms with van der Waals surface area (Å²) in [5.41, 5.74) is 0. The van der Waals surface area contributed by atoms with Gasteiger partial charge < -0.3 is 9.47 Å². The number of nitrogens with zero attached hydrogens (tertiary/aromatic N) is 6. The van der Waals surface area contributed by atoms with E-state index in [2.05, 4.69) is 29.1 Å². The molecule has 0 aromatic carbocycles. The van der Waals surface area contributed by atoms with Crippen molar-refractivity contribution in [3.8, 4) is 0 Å². The van der Waals surface area contributed by atoms with Crippen LogP contribution in [0.25, 0.3) is 0 Å². The minimum atomic E-state index is -0.277. The van der Waals surface area contributed by atoms with E-state index in [1.807, 2.05) is 23.8 Å². The summed E-state index contributed by atoms with van der Waals surface area (Å²) in [6.07, 6.45) is 5.90. The van der Waals surface area contributed by atoms with Gasteiger partial charge in [0.05, 0.1) is 6.54 Å². The molecule has 0 radical (unpaired) electrons. The van der Waals surface area contributed by atoms with Crippen LogP contribution in [0.4, 0.5) is 0 Å². The highest BCUT2D eigenvalue weighted by Crippen LogP contribution is 2.15. The number of hydrogen-bond acceptors (Lipinski definition) is 4. The number of rotatable bonds is 6. The van der Waals surface area contributed by atoms with E-state index in [9.17, 15) is 4.79 Å². The molecule has 2 aromatic rings. The Labute approximate surface area is 124 Å². The zero-order valence-electron chi connectivity index (χ0n) is 13.0. The third kappa shape index (κ3) is 3.29. The van der Waals surface area contributed by atoms with Gasteiger partial charge in [-0.15, -0.1) is 10.2 Å². The molecule has 114 valence electrons. The van der Waals surface area contributed by atoms with Crippen molar-refractivity contribution >= 4 is 5.91 Å². The molecular weight excluding hydrogens is 268 g/mol. The molecule has 0 bridgehead atoms. The minimum absolute atomic E-state index is 0.0273. The maximum Gasteiger partial charge on any atom is 0.247 e. The molecule has 21 heavy (non-hydrogen) atoms. The Morgan fingerprint density at radius 3 is 2.76 bits per heavy atom. The minimum Gasteiger partial charge on any atom is -0.336 e. The second kappa shape index (κ2) is 6.51. The highest BCUT2D eigenvalue weighted by Gasteiger charge is 2.23. The lowest BCUT2D eigenvalue weighted by atomic mass is 10.2. The molecule has 0 saturated heterocycles. The number of hydrogen-bond donors (Lipinski definition) is 0. The Balaban J connectivity index is 2.10. The summed E-state index contributed by atoms with van der Waals surface area (Å²) in [6.45, 7) is 6.55. The molecule has 2 rings (SSSR count). The summed E-state index contributed by atoms with van der Waals surface area (Å²) in [5.74, 6) is 0.815. The van der Waals surface area contributed by atoms with Crippen molar-refractivity contribution in [3.05, 3.63) is 30.6 Å². The van der Waals surface area contributed by atoms with E-state index < -0.39 is 0 Å². The first-order chi connectivity index (χ1) is 10.0. The third-order valence-electron chi connectivity index (χ3n) is 3.47. The fraction of sp³-hybridized carbons (Fsp3) is 0.571. The van der Waals surface area contributed by atoms with Gasteiger partial charge in [-0.25, -0.2) is 0 Å². The second-order valence-corrected chi connectivity index (χ2v) is 5.35. The monoisotopic (exact) mass is 290 g/mol. The first-order valence-corrected chi connectivity index (χ1v) is 7.17. The quantitative estimate of drug-likeness (QED) is 0.811. The molecule has 7 heteroatoms. The molecule has 7 nitrogen and oxygen atoms in total. The molecular formula is C14H22N6O. The number of likely N-dealkylation sites (N-methyl/N-ethyl adjacent to an activating group) is 1. The molecule has 1 amide bonds. The van der Waals surface area contributed by atoms with Crippen LogP contribution in [0.1, 0.15) is 45.1 Å². The predicted molar refractivity (Wildman–Crippen MR) is 78.4 cm³/mol. The number of carbonyl (C=O) groups is 1. The SMILES string of the molecule is CC[C@@H](C(=O)N(C)Cc1nncn1C(C)C)n1cccn1. The molecule has 0 spiro atoms. The van der Waals surface area contributed by atoms with Crippen LogP contribution >= 0.6 is 0 Å². The van der Waals surface area contributed by atoms with Gasteiger partial charge in [-0.1, -0.05) is 6.92 Å². The van der Waals surface area contributed by atoms with Crippen molar-refractivity contribution in [1.82, 2.24) is 29.4 Å².